The highest BCUT2D eigenvalue weighted by Crippen LogP contribution is 2.17. The molecule has 2 rings (SSSR count). The zero-order valence-electron chi connectivity index (χ0n) is 11.3. The number of benzene rings is 1. The molecule has 0 spiro atoms. The number of aromatic nitrogens is 2. The fraction of sp³-hybridized carbons (Fsp3) is 0.286. The van der Waals surface area contributed by atoms with Gasteiger partial charge < -0.3 is 10.1 Å². The van der Waals surface area contributed by atoms with Gasteiger partial charge in [-0.15, -0.1) is 0 Å². The number of carbonyl (C=O) groups excluding carboxylic acids is 1. The van der Waals surface area contributed by atoms with Gasteiger partial charge in [0.1, 0.15) is 5.75 Å². The van der Waals surface area contributed by atoms with Gasteiger partial charge in [-0.1, -0.05) is 0 Å². The molecule has 0 fully saturated rings. The first-order valence-electron chi connectivity index (χ1n) is 6.14. The lowest BCUT2D eigenvalue weighted by atomic mass is 10.2. The lowest BCUT2D eigenvalue weighted by molar-refractivity contribution is 0.0955. The molecule has 0 aliphatic heterocycles. The normalized spacial score (nSPS) is 10.3. The zero-order chi connectivity index (χ0) is 13.8. The maximum Gasteiger partial charge on any atom is 0.254 e. The predicted octanol–water partition coefficient (Wildman–Crippen LogP) is 1.94. The maximum absolute atomic E-state index is 11.8. The Morgan fingerprint density at radius 3 is 2.63 bits per heavy atom. The van der Waals surface area contributed by atoms with Crippen molar-refractivity contribution in [2.45, 2.75) is 13.8 Å². The number of nitrogens with zero attached hydrogens (tertiary/aromatic N) is 2. The van der Waals surface area contributed by atoms with Crippen LogP contribution >= 0.6 is 0 Å². The third kappa shape index (κ3) is 2.59. The van der Waals surface area contributed by atoms with E-state index in [9.17, 15) is 4.79 Å². The van der Waals surface area contributed by atoms with Crippen LogP contribution in [0.25, 0.3) is 5.69 Å². The molecule has 1 aromatic heterocycles. The summed E-state index contributed by atoms with van der Waals surface area (Å²) in [6.07, 6.45) is 1.59. The summed E-state index contributed by atoms with van der Waals surface area (Å²) < 4.78 is 6.86. The number of methoxy groups -OCH3 is 1. The lowest BCUT2D eigenvalue weighted by Crippen LogP contribution is -2.23. The Morgan fingerprint density at radius 1 is 1.37 bits per heavy atom. The van der Waals surface area contributed by atoms with Crippen molar-refractivity contribution in [3.05, 3.63) is 41.7 Å². The van der Waals surface area contributed by atoms with Crippen LogP contribution in [0.15, 0.2) is 30.5 Å². The number of rotatable bonds is 4. The second kappa shape index (κ2) is 5.56. The summed E-state index contributed by atoms with van der Waals surface area (Å²) >= 11 is 0. The van der Waals surface area contributed by atoms with Crippen LogP contribution in [-0.4, -0.2) is 29.3 Å². The molecule has 1 heterocycles. The molecule has 1 aromatic carbocycles. The van der Waals surface area contributed by atoms with E-state index in [-0.39, 0.29) is 5.91 Å². The number of ether oxygens (including phenoxy) is 1. The Labute approximate surface area is 112 Å². The molecule has 1 N–H and O–H groups in total. The standard InChI is InChI=1S/C14H17N3O2/c1-4-15-14(18)13-9-16-17(10(13)2)11-5-7-12(19-3)8-6-11/h5-9H,4H2,1-3H3,(H,15,18). The van der Waals surface area contributed by atoms with Crippen LogP contribution < -0.4 is 10.1 Å². The average molecular weight is 259 g/mol. The minimum atomic E-state index is -0.0974. The number of hydrogen-bond donors (Lipinski definition) is 1. The minimum absolute atomic E-state index is 0.0974. The predicted molar refractivity (Wildman–Crippen MR) is 72.9 cm³/mol. The molecule has 2 aromatic rings. The molecule has 0 aliphatic rings. The van der Waals surface area contributed by atoms with Gasteiger partial charge in [-0.25, -0.2) is 4.68 Å². The highest BCUT2D eigenvalue weighted by molar-refractivity contribution is 5.95. The summed E-state index contributed by atoms with van der Waals surface area (Å²) in [6, 6.07) is 7.53. The molecule has 0 radical (unpaired) electrons. The Balaban J connectivity index is 2.32. The molecule has 0 saturated heterocycles. The highest BCUT2D eigenvalue weighted by atomic mass is 16.5. The van der Waals surface area contributed by atoms with Crippen LogP contribution in [0.3, 0.4) is 0 Å². The highest BCUT2D eigenvalue weighted by Gasteiger charge is 2.14. The Bertz CT molecular complexity index is 573. The molecule has 1 amide bonds. The summed E-state index contributed by atoms with van der Waals surface area (Å²) in [6.45, 7) is 4.37. The zero-order valence-corrected chi connectivity index (χ0v) is 11.3. The van der Waals surface area contributed by atoms with Crippen LogP contribution in [0, 0.1) is 6.92 Å². The summed E-state index contributed by atoms with van der Waals surface area (Å²) in [5, 5.41) is 7.03. The molecule has 100 valence electrons. The van der Waals surface area contributed by atoms with Gasteiger partial charge in [0.15, 0.2) is 0 Å². The Morgan fingerprint density at radius 2 is 2.05 bits per heavy atom. The first-order valence-corrected chi connectivity index (χ1v) is 6.14. The fourth-order valence-corrected chi connectivity index (χ4v) is 1.87. The first kappa shape index (κ1) is 13.1. The van der Waals surface area contributed by atoms with Crippen molar-refractivity contribution in [3.8, 4) is 11.4 Å². The van der Waals surface area contributed by atoms with Crippen molar-refractivity contribution in [1.82, 2.24) is 15.1 Å². The molecular weight excluding hydrogens is 242 g/mol. The van der Waals surface area contributed by atoms with E-state index >= 15 is 0 Å². The average Bonchev–Trinajstić information content (AvgIpc) is 2.81. The number of hydrogen-bond acceptors (Lipinski definition) is 3. The third-order valence-corrected chi connectivity index (χ3v) is 2.91. The third-order valence-electron chi connectivity index (χ3n) is 2.91. The van der Waals surface area contributed by atoms with E-state index in [0.29, 0.717) is 12.1 Å². The number of nitrogens with one attached hydrogen (secondary N) is 1. The van der Waals surface area contributed by atoms with Gasteiger partial charge in [-0.2, -0.15) is 5.10 Å². The molecular formula is C14H17N3O2. The summed E-state index contributed by atoms with van der Waals surface area (Å²) in [5.41, 5.74) is 2.31. The van der Waals surface area contributed by atoms with Gasteiger partial charge in [0.2, 0.25) is 0 Å². The maximum atomic E-state index is 11.8. The first-order chi connectivity index (χ1) is 9.17. The molecule has 0 bridgehead atoms. The van der Waals surface area contributed by atoms with Crippen LogP contribution in [0.4, 0.5) is 0 Å². The van der Waals surface area contributed by atoms with E-state index in [1.165, 1.54) is 0 Å². The van der Waals surface area contributed by atoms with E-state index in [1.807, 2.05) is 38.1 Å². The van der Waals surface area contributed by atoms with Crippen molar-refractivity contribution in [3.63, 3.8) is 0 Å². The number of amides is 1. The topological polar surface area (TPSA) is 56.2 Å². The Hall–Kier alpha value is -2.30. The summed E-state index contributed by atoms with van der Waals surface area (Å²) in [5.74, 6) is 0.692. The molecule has 0 saturated carbocycles. The monoisotopic (exact) mass is 259 g/mol. The van der Waals surface area contributed by atoms with E-state index in [2.05, 4.69) is 10.4 Å². The van der Waals surface area contributed by atoms with Crippen molar-refractivity contribution in [2.75, 3.05) is 13.7 Å². The van der Waals surface area contributed by atoms with Gasteiger partial charge in [0.25, 0.3) is 5.91 Å². The summed E-state index contributed by atoms with van der Waals surface area (Å²) in [4.78, 5) is 11.8. The molecule has 0 aliphatic carbocycles. The van der Waals surface area contributed by atoms with Gasteiger partial charge in [-0.3, -0.25) is 4.79 Å². The lowest BCUT2D eigenvalue weighted by Gasteiger charge is -2.06. The SMILES string of the molecule is CCNC(=O)c1cnn(-c2ccc(OC)cc2)c1C. The Kier molecular flexibility index (Phi) is 3.85. The minimum Gasteiger partial charge on any atom is -0.497 e. The van der Waals surface area contributed by atoms with Crippen LogP contribution in [0.5, 0.6) is 5.75 Å². The van der Waals surface area contributed by atoms with Crippen LogP contribution in [-0.2, 0) is 0 Å². The van der Waals surface area contributed by atoms with Gasteiger partial charge in [0, 0.05) is 6.54 Å². The van der Waals surface area contributed by atoms with Gasteiger partial charge in [-0.05, 0) is 38.1 Å². The molecule has 5 nitrogen and oxygen atoms in total. The van der Waals surface area contributed by atoms with Crippen molar-refractivity contribution < 1.29 is 9.53 Å². The van der Waals surface area contributed by atoms with E-state index in [0.717, 1.165) is 17.1 Å². The second-order valence-electron chi connectivity index (χ2n) is 4.11. The van der Waals surface area contributed by atoms with Gasteiger partial charge in [0.05, 0.1) is 30.3 Å². The largest absolute Gasteiger partial charge is 0.497 e. The molecule has 19 heavy (non-hydrogen) atoms. The molecule has 0 unspecified atom stereocenters. The molecule has 5 heteroatoms. The van der Waals surface area contributed by atoms with E-state index < -0.39 is 0 Å². The van der Waals surface area contributed by atoms with E-state index in [1.54, 1.807) is 18.0 Å². The second-order valence-corrected chi connectivity index (χ2v) is 4.11. The van der Waals surface area contributed by atoms with Crippen LogP contribution in [0.2, 0.25) is 0 Å². The van der Waals surface area contributed by atoms with Crippen molar-refractivity contribution in [1.29, 1.82) is 0 Å². The van der Waals surface area contributed by atoms with Crippen LogP contribution in [0.1, 0.15) is 23.0 Å². The number of carbonyl (C=O) groups is 1. The fourth-order valence-electron chi connectivity index (χ4n) is 1.87. The summed E-state index contributed by atoms with van der Waals surface area (Å²) in [7, 11) is 1.63. The van der Waals surface area contributed by atoms with Crippen molar-refractivity contribution in [2.24, 2.45) is 0 Å². The van der Waals surface area contributed by atoms with Crippen molar-refractivity contribution >= 4 is 5.91 Å². The van der Waals surface area contributed by atoms with E-state index in [4.69, 9.17) is 4.74 Å². The van der Waals surface area contributed by atoms with Gasteiger partial charge >= 0.3 is 0 Å². The smallest absolute Gasteiger partial charge is 0.254 e. The quantitative estimate of drug-likeness (QED) is 0.913. The molecule has 0 atom stereocenters.